The van der Waals surface area contributed by atoms with Gasteiger partial charge in [0.15, 0.2) is 9.84 Å². The molecule has 1 atom stereocenters. The zero-order chi connectivity index (χ0) is 15.9. The van der Waals surface area contributed by atoms with E-state index >= 15 is 0 Å². The lowest BCUT2D eigenvalue weighted by molar-refractivity contribution is -0.110. The Morgan fingerprint density at radius 2 is 2.23 bits per heavy atom. The van der Waals surface area contributed by atoms with Crippen molar-refractivity contribution in [1.29, 1.82) is 0 Å². The van der Waals surface area contributed by atoms with E-state index in [0.29, 0.717) is 18.5 Å². The Morgan fingerprint density at radius 3 is 2.86 bits per heavy atom. The molecule has 2 aliphatic rings. The number of nitrogens with zero attached hydrogens (tertiary/aromatic N) is 1. The van der Waals surface area contributed by atoms with Gasteiger partial charge in [-0.05, 0) is 31.5 Å². The Hall–Kier alpha value is -1.34. The minimum Gasteiger partial charge on any atom is -0.373 e. The molecule has 22 heavy (non-hydrogen) atoms. The molecule has 0 saturated carbocycles. The lowest BCUT2D eigenvalue weighted by atomic mass is 10.1. The smallest absolute Gasteiger partial charge is 0.257 e. The van der Waals surface area contributed by atoms with E-state index in [1.54, 1.807) is 6.20 Å². The molecule has 1 aromatic carbocycles. The first-order valence-electron chi connectivity index (χ1n) is 7.19. The molecule has 5 nitrogen and oxygen atoms in total. The summed E-state index contributed by atoms with van der Waals surface area (Å²) in [6.45, 7) is 2.64. The standard InChI is InChI=1S/C15H17BrN2O3S/c1-2-18(11-5-6-22(20,21)9-11)8-13-12-7-10(16)3-4-14(12)17-15(13)19/h3-4,7-8,11H,2,5-6,9H2,1H3,(H,17,19)/b13-8+. The second-order valence-electron chi connectivity index (χ2n) is 5.57. The second kappa shape index (κ2) is 5.70. The highest BCUT2D eigenvalue weighted by atomic mass is 79.9. The highest BCUT2D eigenvalue weighted by molar-refractivity contribution is 9.10. The number of carbonyl (C=O) groups excluding carboxylic acids is 1. The summed E-state index contributed by atoms with van der Waals surface area (Å²) in [7, 11) is -2.94. The van der Waals surface area contributed by atoms with E-state index in [0.717, 1.165) is 15.7 Å². The molecule has 3 rings (SSSR count). The van der Waals surface area contributed by atoms with Crippen LogP contribution in [0.15, 0.2) is 28.9 Å². The Morgan fingerprint density at radius 1 is 1.45 bits per heavy atom. The largest absolute Gasteiger partial charge is 0.373 e. The lowest BCUT2D eigenvalue weighted by Crippen LogP contribution is -2.32. The zero-order valence-electron chi connectivity index (χ0n) is 12.2. The third kappa shape index (κ3) is 2.92. The molecule has 1 aromatic rings. The van der Waals surface area contributed by atoms with Gasteiger partial charge in [0.25, 0.3) is 5.91 Å². The van der Waals surface area contributed by atoms with Crippen LogP contribution in [0.5, 0.6) is 0 Å². The molecule has 0 spiro atoms. The van der Waals surface area contributed by atoms with E-state index in [2.05, 4.69) is 21.2 Å². The molecule has 0 aliphatic carbocycles. The monoisotopic (exact) mass is 384 g/mol. The number of halogens is 1. The van der Waals surface area contributed by atoms with Crippen LogP contribution < -0.4 is 5.32 Å². The number of rotatable bonds is 3. The van der Waals surface area contributed by atoms with Crippen LogP contribution >= 0.6 is 15.9 Å². The predicted molar refractivity (Wildman–Crippen MR) is 90.2 cm³/mol. The number of fused-ring (bicyclic) bond motifs is 1. The first-order valence-corrected chi connectivity index (χ1v) is 9.80. The van der Waals surface area contributed by atoms with Gasteiger partial charge in [0, 0.05) is 34.5 Å². The molecule has 2 heterocycles. The van der Waals surface area contributed by atoms with E-state index in [9.17, 15) is 13.2 Å². The predicted octanol–water partition coefficient (Wildman–Crippen LogP) is 2.25. The van der Waals surface area contributed by atoms with Crippen LogP contribution in [0.2, 0.25) is 0 Å². The summed E-state index contributed by atoms with van der Waals surface area (Å²) in [4.78, 5) is 14.2. The highest BCUT2D eigenvalue weighted by Crippen LogP contribution is 2.34. The Balaban J connectivity index is 1.94. The summed E-state index contributed by atoms with van der Waals surface area (Å²) < 4.78 is 24.2. The molecule has 118 valence electrons. The van der Waals surface area contributed by atoms with Crippen LogP contribution in [0.4, 0.5) is 5.69 Å². The van der Waals surface area contributed by atoms with Crippen LogP contribution in [0, 0.1) is 0 Å². The highest BCUT2D eigenvalue weighted by Gasteiger charge is 2.32. The SMILES string of the molecule is CCN(/C=C1/C(=O)Nc2ccc(Br)cc21)C1CCS(=O)(=O)C1. The fourth-order valence-corrected chi connectivity index (χ4v) is 5.05. The van der Waals surface area contributed by atoms with Crippen molar-refractivity contribution in [1.82, 2.24) is 4.90 Å². The zero-order valence-corrected chi connectivity index (χ0v) is 14.6. The van der Waals surface area contributed by atoms with E-state index in [4.69, 9.17) is 0 Å². The molecule has 0 aromatic heterocycles. The molecule has 1 N–H and O–H groups in total. The van der Waals surface area contributed by atoms with Gasteiger partial charge in [-0.2, -0.15) is 0 Å². The Kier molecular flexibility index (Phi) is 4.03. The maximum atomic E-state index is 12.2. The van der Waals surface area contributed by atoms with Gasteiger partial charge in [0.1, 0.15) is 0 Å². The van der Waals surface area contributed by atoms with Gasteiger partial charge < -0.3 is 10.2 Å². The van der Waals surface area contributed by atoms with Gasteiger partial charge in [0.05, 0.1) is 17.1 Å². The number of amides is 1. The van der Waals surface area contributed by atoms with E-state index in [1.807, 2.05) is 30.0 Å². The molecule has 7 heteroatoms. The van der Waals surface area contributed by atoms with Crippen molar-refractivity contribution in [3.05, 3.63) is 34.4 Å². The van der Waals surface area contributed by atoms with Crippen molar-refractivity contribution in [3.63, 3.8) is 0 Å². The van der Waals surface area contributed by atoms with Gasteiger partial charge in [-0.3, -0.25) is 4.79 Å². The summed E-state index contributed by atoms with van der Waals surface area (Å²) in [5.41, 5.74) is 2.22. The maximum Gasteiger partial charge on any atom is 0.257 e. The van der Waals surface area contributed by atoms with Crippen molar-refractivity contribution in [2.75, 3.05) is 23.4 Å². The van der Waals surface area contributed by atoms with Crippen LogP contribution in [0.3, 0.4) is 0 Å². The molecule has 0 bridgehead atoms. The number of benzene rings is 1. The van der Waals surface area contributed by atoms with Crippen molar-refractivity contribution in [2.45, 2.75) is 19.4 Å². The minimum atomic E-state index is -2.94. The maximum absolute atomic E-state index is 12.2. The normalized spacial score (nSPS) is 24.4. The summed E-state index contributed by atoms with van der Waals surface area (Å²) >= 11 is 3.42. The third-order valence-electron chi connectivity index (χ3n) is 4.10. The average molecular weight is 385 g/mol. The molecule has 1 fully saturated rings. The Bertz CT molecular complexity index is 758. The third-order valence-corrected chi connectivity index (χ3v) is 6.35. The van der Waals surface area contributed by atoms with Gasteiger partial charge in [0.2, 0.25) is 0 Å². The number of hydrogen-bond donors (Lipinski definition) is 1. The number of carbonyl (C=O) groups is 1. The van der Waals surface area contributed by atoms with E-state index < -0.39 is 9.84 Å². The summed E-state index contributed by atoms with van der Waals surface area (Å²) in [6.07, 6.45) is 2.42. The number of anilines is 1. The van der Waals surface area contributed by atoms with Crippen molar-refractivity contribution in [2.24, 2.45) is 0 Å². The molecular weight excluding hydrogens is 368 g/mol. The minimum absolute atomic E-state index is 0.0495. The van der Waals surface area contributed by atoms with Gasteiger partial charge in [-0.25, -0.2) is 8.42 Å². The van der Waals surface area contributed by atoms with Gasteiger partial charge in [-0.1, -0.05) is 15.9 Å². The van der Waals surface area contributed by atoms with Crippen LogP contribution in [-0.2, 0) is 14.6 Å². The number of sulfone groups is 1. The molecule has 2 aliphatic heterocycles. The van der Waals surface area contributed by atoms with E-state index in [1.165, 1.54) is 0 Å². The molecular formula is C15H17BrN2O3S. The quantitative estimate of drug-likeness (QED) is 0.811. The van der Waals surface area contributed by atoms with Crippen LogP contribution in [-0.4, -0.2) is 43.3 Å². The second-order valence-corrected chi connectivity index (χ2v) is 8.72. The van der Waals surface area contributed by atoms with Crippen LogP contribution in [0.25, 0.3) is 5.57 Å². The van der Waals surface area contributed by atoms with Crippen molar-refractivity contribution < 1.29 is 13.2 Å². The molecule has 0 radical (unpaired) electrons. The first-order chi connectivity index (χ1) is 10.4. The first kappa shape index (κ1) is 15.6. The lowest BCUT2D eigenvalue weighted by Gasteiger charge is -2.25. The number of nitrogens with one attached hydrogen (secondary N) is 1. The van der Waals surface area contributed by atoms with Gasteiger partial charge >= 0.3 is 0 Å². The Labute approximate surface area is 138 Å². The number of hydrogen-bond acceptors (Lipinski definition) is 4. The topological polar surface area (TPSA) is 66.5 Å². The summed E-state index contributed by atoms with van der Waals surface area (Å²) in [5, 5.41) is 2.84. The van der Waals surface area contributed by atoms with Crippen molar-refractivity contribution in [3.8, 4) is 0 Å². The van der Waals surface area contributed by atoms with E-state index in [-0.39, 0.29) is 23.5 Å². The molecule has 1 saturated heterocycles. The fraction of sp³-hybridized carbons (Fsp3) is 0.400. The van der Waals surface area contributed by atoms with Crippen molar-refractivity contribution >= 4 is 42.9 Å². The van der Waals surface area contributed by atoms with Crippen LogP contribution in [0.1, 0.15) is 18.9 Å². The molecule has 1 amide bonds. The summed E-state index contributed by atoms with van der Waals surface area (Å²) in [6, 6.07) is 5.59. The fourth-order valence-electron chi connectivity index (χ4n) is 2.95. The molecule has 1 unspecified atom stereocenters. The average Bonchev–Trinajstić information content (AvgIpc) is 2.96. The van der Waals surface area contributed by atoms with Gasteiger partial charge in [-0.15, -0.1) is 0 Å². The summed E-state index contributed by atoms with van der Waals surface area (Å²) in [5.74, 6) is 0.246.